The number of nitrogens with zero attached hydrogens (tertiary/aromatic N) is 1. The number of rotatable bonds is 3. The lowest BCUT2D eigenvalue weighted by Crippen LogP contribution is -2.34. The Kier molecular flexibility index (Phi) is 4.74. The molecule has 1 N–H and O–H groups in total. The van der Waals surface area contributed by atoms with Gasteiger partial charge in [0.2, 0.25) is 0 Å². The third-order valence-electron chi connectivity index (χ3n) is 4.65. The van der Waals surface area contributed by atoms with Crippen LogP contribution in [0.3, 0.4) is 0 Å². The number of hydrogen-bond donors (Lipinski definition) is 1. The van der Waals surface area contributed by atoms with Gasteiger partial charge in [0.1, 0.15) is 5.75 Å². The fraction of sp³-hybridized carbons (Fsp3) is 0.350. The molecule has 3 rings (SSSR count). The molecule has 1 heterocycles. The minimum atomic E-state index is -0.0259. The van der Waals surface area contributed by atoms with Crippen LogP contribution < -0.4 is 10.1 Å². The number of ether oxygens (including phenoxy) is 1. The molecule has 1 aliphatic heterocycles. The largest absolute Gasteiger partial charge is 0.497 e. The van der Waals surface area contributed by atoms with Crippen LogP contribution in [0.15, 0.2) is 42.5 Å². The van der Waals surface area contributed by atoms with Gasteiger partial charge in [-0.1, -0.05) is 24.3 Å². The molecule has 4 heteroatoms. The van der Waals surface area contributed by atoms with E-state index in [2.05, 4.69) is 11.4 Å². The monoisotopic (exact) mass is 324 g/mol. The Balaban J connectivity index is 1.76. The normalized spacial score (nSPS) is 17.0. The van der Waals surface area contributed by atoms with E-state index in [1.54, 1.807) is 7.11 Å². The highest BCUT2D eigenvalue weighted by atomic mass is 16.5. The maximum absolute atomic E-state index is 12.8. The number of hydrogen-bond acceptors (Lipinski definition) is 2. The van der Waals surface area contributed by atoms with E-state index in [9.17, 15) is 4.79 Å². The van der Waals surface area contributed by atoms with Crippen LogP contribution in [0, 0.1) is 13.8 Å². The third-order valence-corrected chi connectivity index (χ3v) is 4.65. The van der Waals surface area contributed by atoms with Crippen molar-refractivity contribution in [2.75, 3.05) is 19.0 Å². The first-order chi connectivity index (χ1) is 11.6. The molecule has 1 fully saturated rings. The van der Waals surface area contributed by atoms with Crippen LogP contribution in [-0.2, 0) is 0 Å². The molecule has 2 aromatic rings. The number of urea groups is 1. The van der Waals surface area contributed by atoms with Gasteiger partial charge in [0.15, 0.2) is 0 Å². The fourth-order valence-corrected chi connectivity index (χ4v) is 3.24. The van der Waals surface area contributed by atoms with Crippen molar-refractivity contribution in [3.8, 4) is 5.75 Å². The average Bonchev–Trinajstić information content (AvgIpc) is 3.08. The molecule has 0 spiro atoms. The lowest BCUT2D eigenvalue weighted by Gasteiger charge is -2.26. The van der Waals surface area contributed by atoms with Gasteiger partial charge in [-0.3, -0.25) is 0 Å². The molecule has 0 bridgehead atoms. The van der Waals surface area contributed by atoms with E-state index in [-0.39, 0.29) is 12.1 Å². The summed E-state index contributed by atoms with van der Waals surface area (Å²) in [5.41, 5.74) is 4.27. The first-order valence-electron chi connectivity index (χ1n) is 8.37. The van der Waals surface area contributed by atoms with Crippen molar-refractivity contribution in [3.63, 3.8) is 0 Å². The van der Waals surface area contributed by atoms with E-state index in [0.717, 1.165) is 47.5 Å². The average molecular weight is 324 g/mol. The van der Waals surface area contributed by atoms with Crippen molar-refractivity contribution < 1.29 is 9.53 Å². The minimum absolute atomic E-state index is 0.0259. The van der Waals surface area contributed by atoms with Crippen LogP contribution in [-0.4, -0.2) is 24.6 Å². The zero-order valence-corrected chi connectivity index (χ0v) is 14.5. The lowest BCUT2D eigenvalue weighted by atomic mass is 10.0. The predicted octanol–water partition coefficient (Wildman–Crippen LogP) is 4.68. The second-order valence-electron chi connectivity index (χ2n) is 6.37. The number of amides is 2. The number of carbonyl (C=O) groups is 1. The Morgan fingerprint density at radius 1 is 1.17 bits per heavy atom. The number of anilines is 1. The van der Waals surface area contributed by atoms with Crippen LogP contribution in [0.2, 0.25) is 0 Å². The van der Waals surface area contributed by atoms with E-state index in [1.807, 2.05) is 55.1 Å². The van der Waals surface area contributed by atoms with Gasteiger partial charge < -0.3 is 15.0 Å². The molecule has 2 amide bonds. The number of nitrogens with one attached hydrogen (secondary N) is 1. The Labute approximate surface area is 143 Å². The summed E-state index contributed by atoms with van der Waals surface area (Å²) >= 11 is 0. The number of methoxy groups -OCH3 is 1. The molecule has 0 saturated carbocycles. The van der Waals surface area contributed by atoms with Crippen molar-refractivity contribution in [2.45, 2.75) is 32.7 Å². The summed E-state index contributed by atoms with van der Waals surface area (Å²) in [5.74, 6) is 0.836. The molecule has 2 aromatic carbocycles. The number of carbonyl (C=O) groups excluding carboxylic acids is 1. The fourth-order valence-electron chi connectivity index (χ4n) is 3.24. The Morgan fingerprint density at radius 2 is 1.92 bits per heavy atom. The van der Waals surface area contributed by atoms with Crippen molar-refractivity contribution in [3.05, 3.63) is 59.2 Å². The highest BCUT2D eigenvalue weighted by Crippen LogP contribution is 2.33. The van der Waals surface area contributed by atoms with E-state index >= 15 is 0 Å². The standard InChI is InChI=1S/C20H24N2O2/c1-14-6-7-15(2)18(13-14)21-20(23)22-12-4-5-19(22)16-8-10-17(24-3)11-9-16/h6-11,13,19H,4-5,12H2,1-3H3,(H,21,23)/t19-/m0/s1. The molecule has 1 atom stereocenters. The molecule has 126 valence electrons. The van der Waals surface area contributed by atoms with Crippen molar-refractivity contribution >= 4 is 11.7 Å². The summed E-state index contributed by atoms with van der Waals surface area (Å²) in [6, 6.07) is 14.2. The topological polar surface area (TPSA) is 41.6 Å². The quantitative estimate of drug-likeness (QED) is 0.890. The highest BCUT2D eigenvalue weighted by Gasteiger charge is 2.30. The third kappa shape index (κ3) is 3.37. The Hall–Kier alpha value is -2.49. The lowest BCUT2D eigenvalue weighted by molar-refractivity contribution is 0.207. The van der Waals surface area contributed by atoms with Gasteiger partial charge in [-0.15, -0.1) is 0 Å². The summed E-state index contributed by atoms with van der Waals surface area (Å²) in [6.45, 7) is 4.83. The number of likely N-dealkylation sites (tertiary alicyclic amines) is 1. The van der Waals surface area contributed by atoms with Crippen LogP contribution in [0.25, 0.3) is 0 Å². The molecule has 4 nitrogen and oxygen atoms in total. The summed E-state index contributed by atoms with van der Waals surface area (Å²) in [4.78, 5) is 14.7. The molecule has 0 unspecified atom stereocenters. The van der Waals surface area contributed by atoms with Crippen LogP contribution in [0.1, 0.15) is 35.6 Å². The summed E-state index contributed by atoms with van der Waals surface area (Å²) < 4.78 is 5.22. The summed E-state index contributed by atoms with van der Waals surface area (Å²) in [7, 11) is 1.66. The maximum atomic E-state index is 12.8. The van der Waals surface area contributed by atoms with E-state index in [4.69, 9.17) is 4.74 Å². The summed E-state index contributed by atoms with van der Waals surface area (Å²) in [6.07, 6.45) is 2.02. The zero-order chi connectivity index (χ0) is 17.1. The van der Waals surface area contributed by atoms with E-state index in [0.29, 0.717) is 0 Å². The first kappa shape index (κ1) is 16.4. The number of aryl methyl sites for hydroxylation is 2. The Morgan fingerprint density at radius 3 is 2.62 bits per heavy atom. The van der Waals surface area contributed by atoms with Gasteiger partial charge >= 0.3 is 6.03 Å². The predicted molar refractivity (Wildman–Crippen MR) is 96.6 cm³/mol. The van der Waals surface area contributed by atoms with E-state index in [1.165, 1.54) is 0 Å². The minimum Gasteiger partial charge on any atom is -0.497 e. The molecule has 24 heavy (non-hydrogen) atoms. The zero-order valence-electron chi connectivity index (χ0n) is 14.5. The van der Waals surface area contributed by atoms with Gasteiger partial charge in [-0.25, -0.2) is 4.79 Å². The van der Waals surface area contributed by atoms with Crippen molar-refractivity contribution in [1.82, 2.24) is 4.90 Å². The SMILES string of the molecule is COc1ccc([C@@H]2CCCN2C(=O)Nc2cc(C)ccc2C)cc1. The second-order valence-corrected chi connectivity index (χ2v) is 6.37. The van der Waals surface area contributed by atoms with Crippen molar-refractivity contribution in [2.24, 2.45) is 0 Å². The molecule has 1 saturated heterocycles. The van der Waals surface area contributed by atoms with Crippen LogP contribution in [0.5, 0.6) is 5.75 Å². The van der Waals surface area contributed by atoms with Crippen LogP contribution in [0.4, 0.5) is 10.5 Å². The van der Waals surface area contributed by atoms with Gasteiger partial charge in [0.05, 0.1) is 13.2 Å². The second kappa shape index (κ2) is 6.95. The highest BCUT2D eigenvalue weighted by molar-refractivity contribution is 5.90. The van der Waals surface area contributed by atoms with E-state index < -0.39 is 0 Å². The van der Waals surface area contributed by atoms with Crippen molar-refractivity contribution in [1.29, 1.82) is 0 Å². The molecule has 0 radical (unpaired) electrons. The Bertz CT molecular complexity index is 725. The number of benzene rings is 2. The first-order valence-corrected chi connectivity index (χ1v) is 8.37. The van der Waals surface area contributed by atoms with Gasteiger partial charge in [0, 0.05) is 12.2 Å². The van der Waals surface area contributed by atoms with Gasteiger partial charge in [0.25, 0.3) is 0 Å². The molecule has 0 aliphatic carbocycles. The smallest absolute Gasteiger partial charge is 0.322 e. The summed E-state index contributed by atoms with van der Waals surface area (Å²) in [5, 5.41) is 3.08. The van der Waals surface area contributed by atoms with Gasteiger partial charge in [-0.2, -0.15) is 0 Å². The van der Waals surface area contributed by atoms with Gasteiger partial charge in [-0.05, 0) is 61.6 Å². The molecular formula is C20H24N2O2. The maximum Gasteiger partial charge on any atom is 0.322 e. The molecular weight excluding hydrogens is 300 g/mol. The molecule has 0 aromatic heterocycles. The molecule has 1 aliphatic rings. The van der Waals surface area contributed by atoms with Crippen LogP contribution >= 0.6 is 0 Å².